The molecular formula is C19H19BrCl2N2O2S. The number of thiocarbonyl (C=S) groups is 1. The van der Waals surface area contributed by atoms with Crippen LogP contribution in [0.4, 0.5) is 0 Å². The molecule has 0 radical (unpaired) electrons. The molecule has 0 spiro atoms. The first-order valence-electron chi connectivity index (χ1n) is 8.23. The van der Waals surface area contributed by atoms with E-state index in [1.165, 1.54) is 6.92 Å². The van der Waals surface area contributed by atoms with Crippen molar-refractivity contribution < 1.29 is 9.53 Å². The minimum atomic E-state index is -0.325. The van der Waals surface area contributed by atoms with Crippen LogP contribution >= 0.6 is 51.3 Å². The van der Waals surface area contributed by atoms with Gasteiger partial charge in [-0.2, -0.15) is 0 Å². The van der Waals surface area contributed by atoms with Crippen LogP contribution in [0.5, 0.6) is 0 Å². The van der Waals surface area contributed by atoms with Gasteiger partial charge in [0.05, 0.1) is 22.6 Å². The lowest BCUT2D eigenvalue weighted by Crippen LogP contribution is -2.40. The van der Waals surface area contributed by atoms with Crippen molar-refractivity contribution >= 4 is 62.4 Å². The van der Waals surface area contributed by atoms with Crippen LogP contribution in [0.1, 0.15) is 24.1 Å². The molecule has 0 amide bonds. The van der Waals surface area contributed by atoms with Gasteiger partial charge in [0.15, 0.2) is 5.11 Å². The van der Waals surface area contributed by atoms with E-state index in [-0.39, 0.29) is 18.6 Å². The average molecular weight is 490 g/mol. The molecule has 0 bridgehead atoms. The van der Waals surface area contributed by atoms with Gasteiger partial charge >= 0.3 is 5.97 Å². The highest BCUT2D eigenvalue weighted by atomic mass is 79.9. The summed E-state index contributed by atoms with van der Waals surface area (Å²) in [6.45, 7) is 2.03. The van der Waals surface area contributed by atoms with Crippen molar-refractivity contribution in [2.24, 2.45) is 0 Å². The Morgan fingerprint density at radius 1 is 1.22 bits per heavy atom. The topological polar surface area (TPSA) is 50.4 Å². The molecule has 2 aromatic rings. The van der Waals surface area contributed by atoms with E-state index in [0.717, 1.165) is 15.6 Å². The normalized spacial score (nSPS) is 11.6. The van der Waals surface area contributed by atoms with Crippen molar-refractivity contribution in [2.45, 2.75) is 19.4 Å². The molecule has 0 saturated carbocycles. The molecule has 144 valence electrons. The second-order valence-corrected chi connectivity index (χ2v) is 7.88. The Bertz CT molecular complexity index is 803. The van der Waals surface area contributed by atoms with Crippen LogP contribution in [-0.4, -0.2) is 24.2 Å². The molecule has 2 rings (SSSR count). The Balaban J connectivity index is 2.11. The third kappa shape index (κ3) is 7.30. The molecule has 0 aliphatic rings. The highest BCUT2D eigenvalue weighted by molar-refractivity contribution is 9.10. The lowest BCUT2D eigenvalue weighted by atomic mass is 9.99. The number of carbonyl (C=O) groups excluding carboxylic acids is 1. The molecule has 27 heavy (non-hydrogen) atoms. The van der Waals surface area contributed by atoms with E-state index < -0.39 is 0 Å². The lowest BCUT2D eigenvalue weighted by molar-refractivity contribution is -0.140. The van der Waals surface area contributed by atoms with Gasteiger partial charge in [-0.05, 0) is 48.0 Å². The highest BCUT2D eigenvalue weighted by Crippen LogP contribution is 2.31. The molecule has 0 aliphatic carbocycles. The Hall–Kier alpha value is -1.34. The molecule has 0 aliphatic heterocycles. The largest absolute Gasteiger partial charge is 0.464 e. The maximum Gasteiger partial charge on any atom is 0.302 e. The first-order chi connectivity index (χ1) is 12.9. The summed E-state index contributed by atoms with van der Waals surface area (Å²) < 4.78 is 5.90. The summed E-state index contributed by atoms with van der Waals surface area (Å²) in [5.74, 6) is -0.325. The highest BCUT2D eigenvalue weighted by Gasteiger charge is 2.18. The first-order valence-corrected chi connectivity index (χ1v) is 10.2. The summed E-state index contributed by atoms with van der Waals surface area (Å²) in [7, 11) is 0. The van der Waals surface area contributed by atoms with Crippen molar-refractivity contribution in [2.75, 3.05) is 13.2 Å². The maximum atomic E-state index is 10.8. The molecule has 0 saturated heterocycles. The summed E-state index contributed by atoms with van der Waals surface area (Å²) in [5.41, 5.74) is 1.98. The van der Waals surface area contributed by atoms with Gasteiger partial charge < -0.3 is 15.4 Å². The van der Waals surface area contributed by atoms with Gasteiger partial charge in [-0.15, -0.1) is 0 Å². The van der Waals surface area contributed by atoms with Crippen molar-refractivity contribution in [3.8, 4) is 0 Å². The predicted molar refractivity (Wildman–Crippen MR) is 117 cm³/mol. The average Bonchev–Trinajstić information content (AvgIpc) is 2.62. The molecular weight excluding hydrogens is 471 g/mol. The van der Waals surface area contributed by atoms with Gasteiger partial charge in [-0.3, -0.25) is 4.79 Å². The van der Waals surface area contributed by atoms with Crippen LogP contribution in [0.3, 0.4) is 0 Å². The second kappa shape index (κ2) is 10.9. The van der Waals surface area contributed by atoms with Gasteiger partial charge in [-0.1, -0.05) is 63.4 Å². The Morgan fingerprint density at radius 3 is 2.59 bits per heavy atom. The van der Waals surface area contributed by atoms with Crippen LogP contribution < -0.4 is 10.6 Å². The summed E-state index contributed by atoms with van der Waals surface area (Å²) >= 11 is 21.4. The molecule has 0 aromatic heterocycles. The zero-order valence-electron chi connectivity index (χ0n) is 14.6. The monoisotopic (exact) mass is 488 g/mol. The number of rotatable bonds is 7. The zero-order valence-corrected chi connectivity index (χ0v) is 18.5. The fraction of sp³-hybridized carbons (Fsp3) is 0.263. The fourth-order valence-corrected chi connectivity index (χ4v) is 3.40. The van der Waals surface area contributed by atoms with Crippen LogP contribution in [0.2, 0.25) is 10.0 Å². The molecule has 2 aromatic carbocycles. The van der Waals surface area contributed by atoms with E-state index in [2.05, 4.69) is 26.6 Å². The summed E-state index contributed by atoms with van der Waals surface area (Å²) in [5, 5.41) is 7.74. The van der Waals surface area contributed by atoms with Crippen molar-refractivity contribution in [1.82, 2.24) is 10.6 Å². The number of carbonyl (C=O) groups is 1. The van der Waals surface area contributed by atoms with Gasteiger partial charge in [0.1, 0.15) is 6.61 Å². The maximum absolute atomic E-state index is 10.8. The number of benzene rings is 2. The number of ether oxygens (including phenoxy) is 1. The number of esters is 1. The molecule has 8 heteroatoms. The molecule has 1 unspecified atom stereocenters. The first kappa shape index (κ1) is 22.0. The summed E-state index contributed by atoms with van der Waals surface area (Å²) in [4.78, 5) is 10.8. The number of nitrogens with one attached hydrogen (secondary N) is 2. The van der Waals surface area contributed by atoms with E-state index in [1.807, 2.05) is 36.4 Å². The smallest absolute Gasteiger partial charge is 0.302 e. The predicted octanol–water partition coefficient (Wildman–Crippen LogP) is 5.07. The minimum Gasteiger partial charge on any atom is -0.464 e. The third-order valence-electron chi connectivity index (χ3n) is 3.71. The van der Waals surface area contributed by atoms with Gasteiger partial charge in [0.25, 0.3) is 0 Å². The summed E-state index contributed by atoms with van der Waals surface area (Å²) in [6, 6.07) is 13.4. The second-order valence-electron chi connectivity index (χ2n) is 5.77. The quantitative estimate of drug-likeness (QED) is 0.323. The Kier molecular flexibility index (Phi) is 8.83. The molecule has 2 N–H and O–H groups in total. The van der Waals surface area contributed by atoms with E-state index >= 15 is 0 Å². The van der Waals surface area contributed by atoms with Crippen molar-refractivity contribution in [3.05, 3.63) is 68.1 Å². The summed E-state index contributed by atoms with van der Waals surface area (Å²) in [6.07, 6.45) is 0.666. The van der Waals surface area contributed by atoms with E-state index in [9.17, 15) is 4.79 Å². The third-order valence-corrected chi connectivity index (χ3v) is 5.33. The van der Waals surface area contributed by atoms with Crippen molar-refractivity contribution in [3.63, 3.8) is 0 Å². The van der Waals surface area contributed by atoms with E-state index in [0.29, 0.717) is 28.1 Å². The Morgan fingerprint density at radius 2 is 1.93 bits per heavy atom. The lowest BCUT2D eigenvalue weighted by Gasteiger charge is -2.23. The molecule has 0 fully saturated rings. The molecule has 1 atom stereocenters. The molecule has 0 heterocycles. The van der Waals surface area contributed by atoms with E-state index in [4.69, 9.17) is 40.2 Å². The van der Waals surface area contributed by atoms with Crippen LogP contribution in [0, 0.1) is 0 Å². The van der Waals surface area contributed by atoms with Gasteiger partial charge in [-0.25, -0.2) is 0 Å². The SMILES string of the molecule is CC(=O)OCCNC(=S)NC(Cc1ccc(Br)cc1)c1cccc(Cl)c1Cl. The van der Waals surface area contributed by atoms with Crippen molar-refractivity contribution in [1.29, 1.82) is 0 Å². The fourth-order valence-electron chi connectivity index (χ4n) is 2.45. The zero-order chi connectivity index (χ0) is 19.8. The number of hydrogen-bond donors (Lipinski definition) is 2. The van der Waals surface area contributed by atoms with Crippen LogP contribution in [0.15, 0.2) is 46.9 Å². The molecule has 4 nitrogen and oxygen atoms in total. The van der Waals surface area contributed by atoms with Crippen LogP contribution in [0.25, 0.3) is 0 Å². The van der Waals surface area contributed by atoms with E-state index in [1.54, 1.807) is 6.07 Å². The van der Waals surface area contributed by atoms with Gasteiger partial charge in [0.2, 0.25) is 0 Å². The number of halogens is 3. The van der Waals surface area contributed by atoms with Gasteiger partial charge in [0, 0.05) is 11.4 Å². The Labute approximate surface area is 182 Å². The standard InChI is InChI=1S/C19H19BrCl2N2O2S/c1-12(25)26-10-9-23-19(27)24-17(11-13-5-7-14(20)8-6-13)15-3-2-4-16(21)18(15)22/h2-8,17H,9-11H2,1H3,(H2,23,24,27). The van der Waals surface area contributed by atoms with Crippen LogP contribution in [-0.2, 0) is 16.0 Å². The number of hydrogen-bond acceptors (Lipinski definition) is 3. The minimum absolute atomic E-state index is 0.175.